The monoisotopic (exact) mass is 459 g/mol. The van der Waals surface area contributed by atoms with Gasteiger partial charge < -0.3 is 24.5 Å². The molecule has 0 radical (unpaired) electrons. The highest BCUT2D eigenvalue weighted by Gasteiger charge is 2.24. The van der Waals surface area contributed by atoms with Crippen LogP contribution in [0.15, 0.2) is 66.7 Å². The van der Waals surface area contributed by atoms with Gasteiger partial charge in [-0.2, -0.15) is 0 Å². The van der Waals surface area contributed by atoms with Crippen LogP contribution in [0.3, 0.4) is 0 Å². The molecule has 4 rings (SSSR count). The number of aromatic amines is 1. The number of rotatable bonds is 9. The fourth-order valence-corrected chi connectivity index (χ4v) is 3.78. The summed E-state index contributed by atoms with van der Waals surface area (Å²) >= 11 is 0. The van der Waals surface area contributed by atoms with Crippen molar-refractivity contribution in [1.29, 1.82) is 0 Å². The highest BCUT2D eigenvalue weighted by atomic mass is 16.5. The van der Waals surface area contributed by atoms with Crippen LogP contribution in [0, 0.1) is 5.92 Å². The Labute approximate surface area is 199 Å². The number of hydrogen-bond donors (Lipinski definition) is 2. The van der Waals surface area contributed by atoms with E-state index < -0.39 is 0 Å². The van der Waals surface area contributed by atoms with E-state index in [4.69, 9.17) is 14.2 Å². The molecular weight excluding hydrogens is 430 g/mol. The van der Waals surface area contributed by atoms with Gasteiger partial charge in [-0.15, -0.1) is 0 Å². The number of imidazole rings is 1. The van der Waals surface area contributed by atoms with Gasteiger partial charge in [-0.05, 0) is 35.7 Å². The van der Waals surface area contributed by atoms with Crippen molar-refractivity contribution in [2.45, 2.75) is 26.5 Å². The fourth-order valence-electron chi connectivity index (χ4n) is 3.78. The lowest BCUT2D eigenvalue weighted by Gasteiger charge is -2.21. The van der Waals surface area contributed by atoms with Crippen molar-refractivity contribution in [2.75, 3.05) is 14.2 Å². The quantitative estimate of drug-likeness (QED) is 0.355. The zero-order valence-corrected chi connectivity index (χ0v) is 19.8. The Bertz CT molecular complexity index is 1210. The van der Waals surface area contributed by atoms with Crippen molar-refractivity contribution in [3.8, 4) is 17.2 Å². The average Bonchev–Trinajstić information content (AvgIpc) is 3.29. The number of nitrogens with one attached hydrogen (secondary N) is 2. The van der Waals surface area contributed by atoms with Crippen molar-refractivity contribution in [2.24, 2.45) is 5.92 Å². The van der Waals surface area contributed by atoms with Gasteiger partial charge >= 0.3 is 0 Å². The summed E-state index contributed by atoms with van der Waals surface area (Å²) in [5, 5.41) is 3.11. The number of para-hydroxylation sites is 2. The SMILES string of the molecule is COc1cc(C(=O)N[C@H](c2nc3ccccc3[nH]2)C(C)C)cc(OC)c1OCc1ccccc1. The lowest BCUT2D eigenvalue weighted by atomic mass is 10.0. The summed E-state index contributed by atoms with van der Waals surface area (Å²) in [6, 6.07) is 20.6. The molecule has 0 aliphatic rings. The van der Waals surface area contributed by atoms with E-state index in [1.165, 1.54) is 14.2 Å². The van der Waals surface area contributed by atoms with Crippen LogP contribution in [0.1, 0.15) is 41.6 Å². The van der Waals surface area contributed by atoms with Crippen LogP contribution in [0.5, 0.6) is 17.2 Å². The van der Waals surface area contributed by atoms with E-state index in [2.05, 4.69) is 15.3 Å². The van der Waals surface area contributed by atoms with Gasteiger partial charge in [-0.25, -0.2) is 4.98 Å². The number of aromatic nitrogens is 2. The number of amides is 1. The minimum atomic E-state index is -0.300. The Morgan fingerprint density at radius 2 is 1.62 bits per heavy atom. The molecule has 3 aromatic carbocycles. The standard InChI is InChI=1S/C27H29N3O4/c1-17(2)24(26-28-20-12-8-9-13-21(20)29-26)30-27(31)19-14-22(32-3)25(23(15-19)33-4)34-16-18-10-6-5-7-11-18/h5-15,17,24H,16H2,1-4H3,(H,28,29)(H,30,31)/t24-/m0/s1. The molecule has 34 heavy (non-hydrogen) atoms. The molecule has 176 valence electrons. The maximum absolute atomic E-state index is 13.3. The summed E-state index contributed by atoms with van der Waals surface area (Å²) in [4.78, 5) is 21.3. The van der Waals surface area contributed by atoms with Gasteiger partial charge in [0, 0.05) is 5.56 Å². The van der Waals surface area contributed by atoms with Crippen LogP contribution < -0.4 is 19.5 Å². The van der Waals surface area contributed by atoms with Crippen LogP contribution in [-0.2, 0) is 6.61 Å². The summed E-state index contributed by atoms with van der Waals surface area (Å²) in [7, 11) is 3.08. The number of fused-ring (bicyclic) bond motifs is 1. The Balaban J connectivity index is 1.58. The molecule has 0 bridgehead atoms. The Morgan fingerprint density at radius 3 is 2.24 bits per heavy atom. The first-order valence-corrected chi connectivity index (χ1v) is 11.2. The molecule has 1 heterocycles. The summed E-state index contributed by atoms with van der Waals surface area (Å²) < 4.78 is 17.1. The molecule has 2 N–H and O–H groups in total. The molecule has 1 atom stereocenters. The predicted molar refractivity (Wildman–Crippen MR) is 131 cm³/mol. The molecule has 7 nitrogen and oxygen atoms in total. The smallest absolute Gasteiger partial charge is 0.252 e. The fraction of sp³-hybridized carbons (Fsp3) is 0.259. The van der Waals surface area contributed by atoms with E-state index in [9.17, 15) is 4.79 Å². The molecule has 0 fully saturated rings. The van der Waals surface area contributed by atoms with Crippen LogP contribution >= 0.6 is 0 Å². The number of ether oxygens (including phenoxy) is 3. The first-order chi connectivity index (χ1) is 16.5. The molecule has 0 aliphatic carbocycles. The summed E-state index contributed by atoms with van der Waals surface area (Å²) in [5.41, 5.74) is 3.21. The molecule has 0 aliphatic heterocycles. The van der Waals surface area contributed by atoms with E-state index >= 15 is 0 Å². The summed E-state index contributed by atoms with van der Waals surface area (Å²) in [6.07, 6.45) is 0. The maximum Gasteiger partial charge on any atom is 0.252 e. The highest BCUT2D eigenvalue weighted by Crippen LogP contribution is 2.39. The molecule has 1 amide bonds. The van der Waals surface area contributed by atoms with E-state index in [0.29, 0.717) is 35.2 Å². The van der Waals surface area contributed by atoms with Gasteiger partial charge in [-0.1, -0.05) is 56.3 Å². The largest absolute Gasteiger partial charge is 0.493 e. The van der Waals surface area contributed by atoms with Gasteiger partial charge in [0.05, 0.1) is 31.3 Å². The number of carbonyl (C=O) groups is 1. The highest BCUT2D eigenvalue weighted by molar-refractivity contribution is 5.96. The van der Waals surface area contributed by atoms with Crippen molar-refractivity contribution >= 4 is 16.9 Å². The van der Waals surface area contributed by atoms with E-state index in [1.807, 2.05) is 68.4 Å². The number of nitrogens with zero attached hydrogens (tertiary/aromatic N) is 1. The van der Waals surface area contributed by atoms with Crippen molar-refractivity contribution in [3.05, 3.63) is 83.7 Å². The molecule has 7 heteroatoms. The van der Waals surface area contributed by atoms with Crippen LogP contribution in [-0.4, -0.2) is 30.1 Å². The predicted octanol–water partition coefficient (Wildman–Crippen LogP) is 5.29. The first-order valence-electron chi connectivity index (χ1n) is 11.2. The van der Waals surface area contributed by atoms with Crippen LogP contribution in [0.25, 0.3) is 11.0 Å². The van der Waals surface area contributed by atoms with Crippen molar-refractivity contribution in [1.82, 2.24) is 15.3 Å². The van der Waals surface area contributed by atoms with Crippen molar-refractivity contribution < 1.29 is 19.0 Å². The third-order valence-corrected chi connectivity index (χ3v) is 5.60. The third kappa shape index (κ3) is 4.98. The second-order valence-corrected chi connectivity index (χ2v) is 8.32. The minimum absolute atomic E-state index is 0.113. The Hall–Kier alpha value is -4.00. The molecule has 0 unspecified atom stereocenters. The molecule has 1 aromatic heterocycles. The number of H-pyrrole nitrogens is 1. The molecule has 0 saturated carbocycles. The van der Waals surface area contributed by atoms with Gasteiger partial charge in [0.25, 0.3) is 5.91 Å². The zero-order chi connectivity index (χ0) is 24.1. The third-order valence-electron chi connectivity index (χ3n) is 5.60. The summed E-state index contributed by atoms with van der Waals surface area (Å²) in [5.74, 6) is 1.86. The Morgan fingerprint density at radius 1 is 0.971 bits per heavy atom. The topological polar surface area (TPSA) is 85.5 Å². The molecular formula is C27H29N3O4. The van der Waals surface area contributed by atoms with E-state index in [1.54, 1.807) is 12.1 Å². The minimum Gasteiger partial charge on any atom is -0.493 e. The second kappa shape index (κ2) is 10.3. The van der Waals surface area contributed by atoms with Crippen LogP contribution in [0.2, 0.25) is 0 Å². The lowest BCUT2D eigenvalue weighted by Crippen LogP contribution is -2.32. The first kappa shape index (κ1) is 23.2. The lowest BCUT2D eigenvalue weighted by molar-refractivity contribution is 0.0922. The molecule has 0 spiro atoms. The summed E-state index contributed by atoms with van der Waals surface area (Å²) in [6.45, 7) is 4.43. The zero-order valence-electron chi connectivity index (χ0n) is 19.8. The van der Waals surface area contributed by atoms with Gasteiger partial charge in [0.2, 0.25) is 5.75 Å². The normalized spacial score (nSPS) is 11.9. The maximum atomic E-state index is 13.3. The molecule has 0 saturated heterocycles. The number of hydrogen-bond acceptors (Lipinski definition) is 5. The number of methoxy groups -OCH3 is 2. The van der Waals surface area contributed by atoms with Crippen molar-refractivity contribution in [3.63, 3.8) is 0 Å². The molecule has 4 aromatic rings. The van der Waals surface area contributed by atoms with Gasteiger partial charge in [-0.3, -0.25) is 4.79 Å². The second-order valence-electron chi connectivity index (χ2n) is 8.32. The Kier molecular flexibility index (Phi) is 7.01. The van der Waals surface area contributed by atoms with E-state index in [-0.39, 0.29) is 17.9 Å². The van der Waals surface area contributed by atoms with Gasteiger partial charge in [0.1, 0.15) is 12.4 Å². The average molecular weight is 460 g/mol. The number of benzene rings is 3. The van der Waals surface area contributed by atoms with Gasteiger partial charge in [0.15, 0.2) is 11.5 Å². The number of carbonyl (C=O) groups excluding carboxylic acids is 1. The van der Waals surface area contributed by atoms with E-state index in [0.717, 1.165) is 16.6 Å². The van der Waals surface area contributed by atoms with Crippen LogP contribution in [0.4, 0.5) is 0 Å².